The molecule has 0 atom stereocenters. The standard InChI is InChI=1S/C17H21N3O/c1-11-10-16(14-4-2-3-5-15(14)19-11)20-13-8-6-12(7-9-13)17(18)21/h2-5,10,12-13H,6-9H2,1H3,(H2,18,21)(H,19,20). The number of aromatic nitrogens is 1. The van der Waals surface area contributed by atoms with Gasteiger partial charge in [0.1, 0.15) is 0 Å². The predicted octanol–water partition coefficient (Wildman–Crippen LogP) is 3.00. The van der Waals surface area contributed by atoms with Crippen LogP contribution in [-0.2, 0) is 4.79 Å². The van der Waals surface area contributed by atoms with Crippen molar-refractivity contribution in [2.45, 2.75) is 38.6 Å². The van der Waals surface area contributed by atoms with E-state index in [1.807, 2.05) is 25.1 Å². The summed E-state index contributed by atoms with van der Waals surface area (Å²) in [6.07, 6.45) is 3.75. The number of carbonyl (C=O) groups is 1. The molecule has 0 radical (unpaired) electrons. The second-order valence-electron chi connectivity index (χ2n) is 5.92. The summed E-state index contributed by atoms with van der Waals surface area (Å²) in [5, 5.41) is 4.78. The largest absolute Gasteiger partial charge is 0.382 e. The van der Waals surface area contributed by atoms with Gasteiger partial charge in [-0.25, -0.2) is 0 Å². The van der Waals surface area contributed by atoms with Gasteiger partial charge in [0.25, 0.3) is 0 Å². The third kappa shape index (κ3) is 2.99. The maximum atomic E-state index is 11.2. The van der Waals surface area contributed by atoms with E-state index >= 15 is 0 Å². The Balaban J connectivity index is 1.78. The lowest BCUT2D eigenvalue weighted by molar-refractivity contribution is -0.122. The minimum atomic E-state index is -0.154. The number of hydrogen-bond donors (Lipinski definition) is 2. The molecule has 0 spiro atoms. The molecule has 1 fully saturated rings. The molecule has 110 valence electrons. The zero-order chi connectivity index (χ0) is 14.8. The highest BCUT2D eigenvalue weighted by atomic mass is 16.1. The van der Waals surface area contributed by atoms with Gasteiger partial charge in [-0.15, -0.1) is 0 Å². The van der Waals surface area contributed by atoms with Gasteiger partial charge >= 0.3 is 0 Å². The Kier molecular flexibility index (Phi) is 3.78. The first-order valence-electron chi connectivity index (χ1n) is 7.56. The molecule has 1 amide bonds. The number of nitrogens with zero attached hydrogens (tertiary/aromatic N) is 1. The number of pyridine rings is 1. The van der Waals surface area contributed by atoms with Gasteiger partial charge < -0.3 is 11.1 Å². The van der Waals surface area contributed by atoms with E-state index in [1.165, 1.54) is 0 Å². The van der Waals surface area contributed by atoms with Crippen molar-refractivity contribution in [3.8, 4) is 0 Å². The third-order valence-corrected chi connectivity index (χ3v) is 4.33. The summed E-state index contributed by atoms with van der Waals surface area (Å²) >= 11 is 0. The van der Waals surface area contributed by atoms with Crippen LogP contribution in [0, 0.1) is 12.8 Å². The number of nitrogens with one attached hydrogen (secondary N) is 1. The fraction of sp³-hybridized carbons (Fsp3) is 0.412. The number of nitrogens with two attached hydrogens (primary N) is 1. The van der Waals surface area contributed by atoms with Crippen LogP contribution in [0.5, 0.6) is 0 Å². The highest BCUT2D eigenvalue weighted by Crippen LogP contribution is 2.29. The maximum absolute atomic E-state index is 11.2. The van der Waals surface area contributed by atoms with E-state index in [0.717, 1.165) is 48.0 Å². The highest BCUT2D eigenvalue weighted by molar-refractivity contribution is 5.91. The average molecular weight is 283 g/mol. The quantitative estimate of drug-likeness (QED) is 0.910. The van der Waals surface area contributed by atoms with Crippen molar-refractivity contribution in [1.82, 2.24) is 4.98 Å². The number of para-hydroxylation sites is 1. The van der Waals surface area contributed by atoms with E-state index in [0.29, 0.717) is 6.04 Å². The van der Waals surface area contributed by atoms with Gasteiger partial charge in [-0.2, -0.15) is 0 Å². The highest BCUT2D eigenvalue weighted by Gasteiger charge is 2.24. The molecular weight excluding hydrogens is 262 g/mol. The number of benzene rings is 1. The summed E-state index contributed by atoms with van der Waals surface area (Å²) in [5.74, 6) is -0.0994. The van der Waals surface area contributed by atoms with E-state index in [-0.39, 0.29) is 11.8 Å². The molecule has 3 N–H and O–H groups in total. The van der Waals surface area contributed by atoms with E-state index < -0.39 is 0 Å². The van der Waals surface area contributed by atoms with Gasteiger partial charge in [0.05, 0.1) is 5.52 Å². The second kappa shape index (κ2) is 5.72. The van der Waals surface area contributed by atoms with Gasteiger partial charge in [0.15, 0.2) is 0 Å². The number of hydrogen-bond acceptors (Lipinski definition) is 3. The lowest BCUT2D eigenvalue weighted by atomic mass is 9.85. The first-order valence-corrected chi connectivity index (χ1v) is 7.56. The number of aryl methyl sites for hydroxylation is 1. The van der Waals surface area contributed by atoms with Crippen LogP contribution in [0.25, 0.3) is 10.9 Å². The Bertz CT molecular complexity index is 660. The van der Waals surface area contributed by atoms with E-state index in [1.54, 1.807) is 0 Å². The topological polar surface area (TPSA) is 68.0 Å². The Morgan fingerprint density at radius 2 is 1.95 bits per heavy atom. The zero-order valence-corrected chi connectivity index (χ0v) is 12.3. The maximum Gasteiger partial charge on any atom is 0.220 e. The molecule has 2 aromatic rings. The van der Waals surface area contributed by atoms with Crippen LogP contribution in [-0.4, -0.2) is 16.9 Å². The number of carbonyl (C=O) groups excluding carboxylic acids is 1. The molecule has 0 bridgehead atoms. The lowest BCUT2D eigenvalue weighted by Crippen LogP contribution is -2.32. The van der Waals surface area contributed by atoms with Crippen LogP contribution in [0.1, 0.15) is 31.4 Å². The van der Waals surface area contributed by atoms with E-state index in [2.05, 4.69) is 22.4 Å². The molecule has 1 aromatic heterocycles. The molecule has 1 saturated carbocycles. The second-order valence-corrected chi connectivity index (χ2v) is 5.92. The first kappa shape index (κ1) is 13.9. The van der Waals surface area contributed by atoms with Crippen LogP contribution in [0.4, 0.5) is 5.69 Å². The summed E-state index contributed by atoms with van der Waals surface area (Å²) in [4.78, 5) is 15.8. The van der Waals surface area contributed by atoms with Crippen LogP contribution >= 0.6 is 0 Å². The molecule has 4 heteroatoms. The Morgan fingerprint density at radius 1 is 1.24 bits per heavy atom. The van der Waals surface area contributed by atoms with Crippen molar-refractivity contribution in [1.29, 1.82) is 0 Å². The van der Waals surface area contributed by atoms with Crippen LogP contribution in [0.15, 0.2) is 30.3 Å². The molecule has 1 aromatic carbocycles. The molecule has 21 heavy (non-hydrogen) atoms. The van der Waals surface area contributed by atoms with Crippen molar-refractivity contribution in [3.05, 3.63) is 36.0 Å². The number of fused-ring (bicyclic) bond motifs is 1. The molecule has 0 saturated heterocycles. The first-order chi connectivity index (χ1) is 10.1. The van der Waals surface area contributed by atoms with Crippen LogP contribution in [0.2, 0.25) is 0 Å². The smallest absolute Gasteiger partial charge is 0.220 e. The molecule has 0 aliphatic heterocycles. The normalized spacial score (nSPS) is 22.1. The monoisotopic (exact) mass is 283 g/mol. The predicted molar refractivity (Wildman–Crippen MR) is 85.0 cm³/mol. The van der Waals surface area contributed by atoms with Crippen molar-refractivity contribution in [3.63, 3.8) is 0 Å². The minimum absolute atomic E-state index is 0.0546. The average Bonchev–Trinajstić information content (AvgIpc) is 2.47. The van der Waals surface area contributed by atoms with Gasteiger partial charge in [0, 0.05) is 28.7 Å². The summed E-state index contributed by atoms with van der Waals surface area (Å²) in [7, 11) is 0. The molecule has 1 aliphatic carbocycles. The van der Waals surface area contributed by atoms with Crippen molar-refractivity contribution >= 4 is 22.5 Å². The van der Waals surface area contributed by atoms with Gasteiger partial charge in [-0.3, -0.25) is 9.78 Å². The molecule has 1 heterocycles. The SMILES string of the molecule is Cc1cc(NC2CCC(C(N)=O)CC2)c2ccccc2n1. The van der Waals surface area contributed by atoms with Crippen LogP contribution < -0.4 is 11.1 Å². The Labute approximate surface area is 124 Å². The fourth-order valence-electron chi connectivity index (χ4n) is 3.17. The van der Waals surface area contributed by atoms with E-state index in [9.17, 15) is 4.79 Å². The summed E-state index contributed by atoms with van der Waals surface area (Å²) in [5.41, 5.74) is 8.57. The number of anilines is 1. The van der Waals surface area contributed by atoms with Crippen molar-refractivity contribution in [2.75, 3.05) is 5.32 Å². The summed E-state index contributed by atoms with van der Waals surface area (Å²) in [6.45, 7) is 2.02. The Morgan fingerprint density at radius 3 is 2.67 bits per heavy atom. The number of rotatable bonds is 3. The Hall–Kier alpha value is -2.10. The summed E-state index contributed by atoms with van der Waals surface area (Å²) < 4.78 is 0. The van der Waals surface area contributed by atoms with Crippen molar-refractivity contribution < 1.29 is 4.79 Å². The van der Waals surface area contributed by atoms with Gasteiger partial charge in [0.2, 0.25) is 5.91 Å². The molecule has 1 aliphatic rings. The van der Waals surface area contributed by atoms with Crippen LogP contribution in [0.3, 0.4) is 0 Å². The molecule has 0 unspecified atom stereocenters. The fourth-order valence-corrected chi connectivity index (χ4v) is 3.17. The molecule has 3 rings (SSSR count). The molecule has 4 nitrogen and oxygen atoms in total. The van der Waals surface area contributed by atoms with E-state index in [4.69, 9.17) is 5.73 Å². The minimum Gasteiger partial charge on any atom is -0.382 e. The van der Waals surface area contributed by atoms with Gasteiger partial charge in [-0.1, -0.05) is 18.2 Å². The van der Waals surface area contributed by atoms with Crippen molar-refractivity contribution in [2.24, 2.45) is 11.7 Å². The number of amides is 1. The lowest BCUT2D eigenvalue weighted by Gasteiger charge is -2.28. The molecular formula is C17H21N3O. The van der Waals surface area contributed by atoms with Gasteiger partial charge in [-0.05, 0) is 44.7 Å². The zero-order valence-electron chi connectivity index (χ0n) is 12.3. The third-order valence-electron chi connectivity index (χ3n) is 4.33. The summed E-state index contributed by atoms with van der Waals surface area (Å²) in [6, 6.07) is 10.7. The number of primary amides is 1.